The van der Waals surface area contributed by atoms with Crippen LogP contribution < -0.4 is 16.0 Å². The summed E-state index contributed by atoms with van der Waals surface area (Å²) >= 11 is 0. The van der Waals surface area contributed by atoms with Crippen LogP contribution in [0.2, 0.25) is 0 Å². The molecule has 20 heavy (non-hydrogen) atoms. The van der Waals surface area contributed by atoms with Crippen LogP contribution in [0, 0.1) is 5.92 Å². The summed E-state index contributed by atoms with van der Waals surface area (Å²) < 4.78 is 1.50. The van der Waals surface area contributed by atoms with Crippen LogP contribution in [0.4, 0.5) is 5.69 Å². The van der Waals surface area contributed by atoms with Crippen molar-refractivity contribution in [1.82, 2.24) is 20.4 Å². The third-order valence-corrected chi connectivity index (χ3v) is 3.48. The van der Waals surface area contributed by atoms with Crippen molar-refractivity contribution < 1.29 is 9.59 Å². The van der Waals surface area contributed by atoms with Gasteiger partial charge in [-0.1, -0.05) is 0 Å². The van der Waals surface area contributed by atoms with Crippen molar-refractivity contribution in [1.29, 1.82) is 0 Å². The number of carbonyl (C=O) groups is 2. The lowest BCUT2D eigenvalue weighted by atomic mass is 9.92. The van der Waals surface area contributed by atoms with Gasteiger partial charge in [-0.25, -0.2) is 0 Å². The van der Waals surface area contributed by atoms with Gasteiger partial charge in [-0.2, -0.15) is 5.10 Å². The Hall–Kier alpha value is -1.89. The number of rotatable bonds is 4. The summed E-state index contributed by atoms with van der Waals surface area (Å²) in [5.74, 6) is -0.0652. The van der Waals surface area contributed by atoms with Gasteiger partial charge in [0.25, 0.3) is 0 Å². The maximum atomic E-state index is 12.1. The zero-order valence-corrected chi connectivity index (χ0v) is 11.8. The van der Waals surface area contributed by atoms with Gasteiger partial charge >= 0.3 is 0 Å². The summed E-state index contributed by atoms with van der Waals surface area (Å²) in [4.78, 5) is 23.4. The number of hydrogen-bond acceptors (Lipinski definition) is 4. The first-order valence-electron chi connectivity index (χ1n) is 6.85. The number of amides is 2. The summed E-state index contributed by atoms with van der Waals surface area (Å²) in [6.45, 7) is 3.10. The highest BCUT2D eigenvalue weighted by Crippen LogP contribution is 2.18. The second kappa shape index (κ2) is 6.51. The average molecular weight is 279 g/mol. The van der Waals surface area contributed by atoms with Crippen LogP contribution in [-0.2, 0) is 16.1 Å². The molecule has 110 valence electrons. The predicted octanol–water partition coefficient (Wildman–Crippen LogP) is -0.0443. The molecular formula is C13H21N5O2. The van der Waals surface area contributed by atoms with Crippen LogP contribution in [-0.4, -0.2) is 41.2 Å². The zero-order valence-electron chi connectivity index (χ0n) is 11.8. The van der Waals surface area contributed by atoms with Gasteiger partial charge in [-0.05, 0) is 26.3 Å². The fraction of sp³-hybridized carbons (Fsp3) is 0.615. The van der Waals surface area contributed by atoms with Gasteiger partial charge in [0.1, 0.15) is 6.54 Å². The van der Waals surface area contributed by atoms with Crippen LogP contribution in [0.25, 0.3) is 0 Å². The van der Waals surface area contributed by atoms with Crippen LogP contribution in [0.15, 0.2) is 12.4 Å². The van der Waals surface area contributed by atoms with Gasteiger partial charge in [0.05, 0.1) is 11.9 Å². The van der Waals surface area contributed by atoms with E-state index >= 15 is 0 Å². The Morgan fingerprint density at radius 1 is 1.55 bits per heavy atom. The van der Waals surface area contributed by atoms with Crippen molar-refractivity contribution >= 4 is 17.5 Å². The Kier molecular flexibility index (Phi) is 4.73. The minimum Gasteiger partial charge on any atom is -0.358 e. The first kappa shape index (κ1) is 14.5. The van der Waals surface area contributed by atoms with Crippen molar-refractivity contribution in [2.45, 2.75) is 32.4 Å². The summed E-state index contributed by atoms with van der Waals surface area (Å²) in [5, 5.41) is 12.8. The molecule has 1 fully saturated rings. The molecule has 2 unspecified atom stereocenters. The smallest absolute Gasteiger partial charge is 0.241 e. The fourth-order valence-corrected chi connectivity index (χ4v) is 2.36. The minimum atomic E-state index is -0.127. The van der Waals surface area contributed by atoms with E-state index < -0.39 is 0 Å². The molecule has 2 heterocycles. The van der Waals surface area contributed by atoms with Gasteiger partial charge in [0, 0.05) is 25.2 Å². The van der Waals surface area contributed by atoms with E-state index in [0.29, 0.717) is 11.7 Å². The van der Waals surface area contributed by atoms with Gasteiger partial charge in [0.2, 0.25) is 11.8 Å². The van der Waals surface area contributed by atoms with E-state index in [2.05, 4.69) is 28.0 Å². The van der Waals surface area contributed by atoms with Gasteiger partial charge in [-0.15, -0.1) is 0 Å². The molecule has 1 aromatic rings. The quantitative estimate of drug-likeness (QED) is 0.721. The highest BCUT2D eigenvalue weighted by atomic mass is 16.2. The lowest BCUT2D eigenvalue weighted by Crippen LogP contribution is -2.40. The molecule has 7 nitrogen and oxygen atoms in total. The van der Waals surface area contributed by atoms with Crippen molar-refractivity contribution in [3.8, 4) is 0 Å². The van der Waals surface area contributed by atoms with Crippen molar-refractivity contribution in [2.75, 3.05) is 18.9 Å². The molecule has 0 bridgehead atoms. The third-order valence-electron chi connectivity index (χ3n) is 3.48. The molecule has 1 saturated heterocycles. The Labute approximate surface area is 118 Å². The summed E-state index contributed by atoms with van der Waals surface area (Å²) in [6.07, 6.45) is 4.92. The molecule has 2 atom stereocenters. The molecule has 1 aliphatic heterocycles. The van der Waals surface area contributed by atoms with Gasteiger partial charge < -0.3 is 16.0 Å². The molecule has 0 aliphatic carbocycles. The molecular weight excluding hydrogens is 258 g/mol. The highest BCUT2D eigenvalue weighted by molar-refractivity contribution is 5.92. The summed E-state index contributed by atoms with van der Waals surface area (Å²) in [7, 11) is 1.58. The Morgan fingerprint density at radius 2 is 2.35 bits per heavy atom. The molecule has 0 saturated carbocycles. The topological polar surface area (TPSA) is 88.0 Å². The molecule has 0 radical (unpaired) electrons. The second-order valence-corrected chi connectivity index (χ2v) is 5.17. The first-order valence-corrected chi connectivity index (χ1v) is 6.85. The molecule has 1 aliphatic rings. The minimum absolute atomic E-state index is 0.0258. The number of carbonyl (C=O) groups excluding carboxylic acids is 2. The number of likely N-dealkylation sites (N-methyl/N-ethyl adjacent to an activating group) is 1. The molecule has 7 heteroatoms. The van der Waals surface area contributed by atoms with Gasteiger partial charge in [0.15, 0.2) is 0 Å². The predicted molar refractivity (Wildman–Crippen MR) is 75.1 cm³/mol. The largest absolute Gasteiger partial charge is 0.358 e. The normalized spacial score (nSPS) is 22.3. The Bertz CT molecular complexity index is 485. The molecule has 0 aromatic carbocycles. The van der Waals surface area contributed by atoms with E-state index in [4.69, 9.17) is 0 Å². The molecule has 2 rings (SSSR count). The van der Waals surface area contributed by atoms with E-state index in [0.717, 1.165) is 19.4 Å². The Morgan fingerprint density at radius 3 is 3.05 bits per heavy atom. The standard InChI is InChI=1S/C13H21N5O2/c1-9-5-10(3-4-15-9)13(20)17-11-6-16-18(7-11)8-12(19)14-2/h6-7,9-10,15H,3-5,8H2,1-2H3,(H,14,19)(H,17,20). The molecule has 3 N–H and O–H groups in total. The summed E-state index contributed by atoms with van der Waals surface area (Å²) in [6, 6.07) is 0.371. The van der Waals surface area contributed by atoms with Crippen LogP contribution in [0.5, 0.6) is 0 Å². The van der Waals surface area contributed by atoms with Crippen LogP contribution >= 0.6 is 0 Å². The monoisotopic (exact) mass is 279 g/mol. The number of aromatic nitrogens is 2. The molecule has 1 aromatic heterocycles. The SMILES string of the molecule is CNC(=O)Cn1cc(NC(=O)C2CCNC(C)C2)cn1. The maximum absolute atomic E-state index is 12.1. The van der Waals surface area contributed by atoms with E-state index in [1.54, 1.807) is 19.4 Å². The number of nitrogens with zero attached hydrogens (tertiary/aromatic N) is 2. The zero-order chi connectivity index (χ0) is 14.5. The van der Waals surface area contributed by atoms with Crippen LogP contribution in [0.3, 0.4) is 0 Å². The molecule has 0 spiro atoms. The average Bonchev–Trinajstić information content (AvgIpc) is 2.85. The van der Waals surface area contributed by atoms with E-state index in [-0.39, 0.29) is 24.3 Å². The number of piperidine rings is 1. The number of anilines is 1. The third kappa shape index (κ3) is 3.80. The molecule has 2 amide bonds. The Balaban J connectivity index is 1.89. The number of nitrogens with one attached hydrogen (secondary N) is 3. The van der Waals surface area contributed by atoms with E-state index in [1.807, 2.05) is 0 Å². The second-order valence-electron chi connectivity index (χ2n) is 5.17. The number of hydrogen-bond donors (Lipinski definition) is 3. The fourth-order valence-electron chi connectivity index (χ4n) is 2.36. The van der Waals surface area contributed by atoms with E-state index in [1.165, 1.54) is 4.68 Å². The summed E-state index contributed by atoms with van der Waals surface area (Å²) in [5.41, 5.74) is 0.630. The first-order chi connectivity index (χ1) is 9.58. The van der Waals surface area contributed by atoms with Crippen molar-refractivity contribution in [3.63, 3.8) is 0 Å². The lowest BCUT2D eigenvalue weighted by molar-refractivity contribution is -0.121. The van der Waals surface area contributed by atoms with Crippen molar-refractivity contribution in [2.24, 2.45) is 5.92 Å². The maximum Gasteiger partial charge on any atom is 0.241 e. The highest BCUT2D eigenvalue weighted by Gasteiger charge is 2.24. The van der Waals surface area contributed by atoms with Crippen LogP contribution in [0.1, 0.15) is 19.8 Å². The van der Waals surface area contributed by atoms with Gasteiger partial charge in [-0.3, -0.25) is 14.3 Å². The lowest BCUT2D eigenvalue weighted by Gasteiger charge is -2.26. The van der Waals surface area contributed by atoms with Crippen molar-refractivity contribution in [3.05, 3.63) is 12.4 Å². The van der Waals surface area contributed by atoms with E-state index in [9.17, 15) is 9.59 Å².